The van der Waals surface area contributed by atoms with Gasteiger partial charge in [-0.05, 0) is 0 Å². The molecule has 4 N–H and O–H groups in total. The first kappa shape index (κ1) is 8.45. The molecule has 1 saturated heterocycles. The van der Waals surface area contributed by atoms with Crippen LogP contribution in [0.2, 0.25) is 0 Å². The topological polar surface area (TPSA) is 89.8 Å². The molecule has 0 aromatic rings. The van der Waals surface area contributed by atoms with Gasteiger partial charge in [0.05, 0.1) is 18.6 Å². The van der Waals surface area contributed by atoms with Gasteiger partial charge in [-0.3, -0.25) is 4.79 Å². The third-order valence-electron chi connectivity index (χ3n) is 1.69. The average Bonchev–Trinajstić information content (AvgIpc) is 2.05. The van der Waals surface area contributed by atoms with Crippen LogP contribution in [0, 0.1) is 0 Å². The van der Waals surface area contributed by atoms with E-state index in [-0.39, 0.29) is 18.9 Å². The molecule has 5 nitrogen and oxygen atoms in total. The van der Waals surface area contributed by atoms with E-state index in [2.05, 4.69) is 5.32 Å². The maximum absolute atomic E-state index is 10.7. The Kier molecular flexibility index (Phi) is 2.43. The molecule has 0 saturated carbocycles. The van der Waals surface area contributed by atoms with Crippen LogP contribution in [0.25, 0.3) is 0 Å². The number of carbonyl (C=O) groups is 1. The van der Waals surface area contributed by atoms with Gasteiger partial charge >= 0.3 is 0 Å². The van der Waals surface area contributed by atoms with Gasteiger partial charge in [-0.25, -0.2) is 0 Å². The fraction of sp³-hybridized carbons (Fsp3) is 0.833. The van der Waals surface area contributed by atoms with Crippen LogP contribution in [-0.2, 0) is 4.79 Å². The predicted molar refractivity (Wildman–Crippen MR) is 35.6 cm³/mol. The zero-order valence-electron chi connectivity index (χ0n) is 5.90. The van der Waals surface area contributed by atoms with Crippen molar-refractivity contribution in [1.82, 2.24) is 5.32 Å². The average molecular weight is 161 g/mol. The molecule has 0 bridgehead atoms. The quantitative estimate of drug-likeness (QED) is 0.318. The van der Waals surface area contributed by atoms with Crippen molar-refractivity contribution in [2.24, 2.45) is 0 Å². The highest BCUT2D eigenvalue weighted by molar-refractivity contribution is 5.76. The molecule has 64 valence electrons. The third-order valence-corrected chi connectivity index (χ3v) is 1.69. The summed E-state index contributed by atoms with van der Waals surface area (Å²) >= 11 is 0. The van der Waals surface area contributed by atoms with Crippen molar-refractivity contribution in [3.8, 4) is 0 Å². The molecule has 1 aliphatic heterocycles. The van der Waals surface area contributed by atoms with Gasteiger partial charge in [-0.1, -0.05) is 0 Å². The Hall–Kier alpha value is -0.650. The van der Waals surface area contributed by atoms with E-state index in [1.54, 1.807) is 0 Å². The summed E-state index contributed by atoms with van der Waals surface area (Å²) in [6, 6.07) is 0. The van der Waals surface area contributed by atoms with Crippen LogP contribution in [-0.4, -0.2) is 46.1 Å². The summed E-state index contributed by atoms with van der Waals surface area (Å²) in [4.78, 5) is 10.7. The molecule has 11 heavy (non-hydrogen) atoms. The minimum absolute atomic E-state index is 0.00292. The smallest absolute Gasteiger partial charge is 0.222 e. The van der Waals surface area contributed by atoms with Crippen molar-refractivity contribution in [3.63, 3.8) is 0 Å². The molecular formula is C6H11NO4. The zero-order chi connectivity index (χ0) is 8.43. The van der Waals surface area contributed by atoms with Crippen molar-refractivity contribution in [1.29, 1.82) is 0 Å². The number of hydrogen-bond donors (Lipinski definition) is 4. The number of rotatable bonds is 0. The Labute approximate surface area is 63.7 Å². The molecule has 1 amide bonds. The molecule has 0 aromatic carbocycles. The van der Waals surface area contributed by atoms with E-state index in [0.29, 0.717) is 0 Å². The van der Waals surface area contributed by atoms with E-state index >= 15 is 0 Å². The van der Waals surface area contributed by atoms with E-state index in [1.807, 2.05) is 0 Å². The summed E-state index contributed by atoms with van der Waals surface area (Å²) in [6.45, 7) is -0.00292. The van der Waals surface area contributed by atoms with E-state index < -0.39 is 18.3 Å². The van der Waals surface area contributed by atoms with E-state index in [1.165, 1.54) is 0 Å². The van der Waals surface area contributed by atoms with Gasteiger partial charge in [-0.15, -0.1) is 0 Å². The molecule has 0 unspecified atom stereocenters. The Bertz CT molecular complexity index is 161. The highest BCUT2D eigenvalue weighted by atomic mass is 16.4. The summed E-state index contributed by atoms with van der Waals surface area (Å²) in [5.41, 5.74) is 0. The van der Waals surface area contributed by atoms with E-state index in [9.17, 15) is 4.79 Å². The lowest BCUT2D eigenvalue weighted by atomic mass is 10.1. The lowest BCUT2D eigenvalue weighted by Gasteiger charge is -2.17. The molecule has 0 spiro atoms. The van der Waals surface area contributed by atoms with Crippen molar-refractivity contribution < 1.29 is 20.1 Å². The molecule has 1 heterocycles. The summed E-state index contributed by atoms with van der Waals surface area (Å²) < 4.78 is 0. The molecular weight excluding hydrogens is 150 g/mol. The first-order valence-corrected chi connectivity index (χ1v) is 3.42. The van der Waals surface area contributed by atoms with Crippen LogP contribution in [0.1, 0.15) is 6.42 Å². The van der Waals surface area contributed by atoms with Crippen molar-refractivity contribution in [2.75, 3.05) is 6.54 Å². The van der Waals surface area contributed by atoms with Gasteiger partial charge in [0.1, 0.15) is 6.10 Å². The number of carbonyl (C=O) groups excluding carboxylic acids is 1. The van der Waals surface area contributed by atoms with Crippen LogP contribution in [0.4, 0.5) is 0 Å². The Morgan fingerprint density at radius 3 is 2.55 bits per heavy atom. The summed E-state index contributed by atoms with van der Waals surface area (Å²) in [5, 5.41) is 29.4. The highest BCUT2D eigenvalue weighted by Gasteiger charge is 2.29. The lowest BCUT2D eigenvalue weighted by Crippen LogP contribution is -2.38. The normalized spacial score (nSPS) is 39.5. The third kappa shape index (κ3) is 1.89. The molecule has 3 atom stereocenters. The Morgan fingerprint density at radius 2 is 1.91 bits per heavy atom. The largest absolute Gasteiger partial charge is 0.390 e. The zero-order valence-corrected chi connectivity index (χ0v) is 5.90. The van der Waals surface area contributed by atoms with Crippen molar-refractivity contribution in [2.45, 2.75) is 24.7 Å². The van der Waals surface area contributed by atoms with Gasteiger partial charge < -0.3 is 20.6 Å². The number of β-amino-alcohol motifs (C(OH)–C–C–N with tert-alkyl or cyclic N) is 1. The molecule has 0 radical (unpaired) electrons. The van der Waals surface area contributed by atoms with Crippen LogP contribution in [0.5, 0.6) is 0 Å². The number of hydrogen-bond acceptors (Lipinski definition) is 4. The van der Waals surface area contributed by atoms with Crippen LogP contribution in [0.3, 0.4) is 0 Å². The van der Waals surface area contributed by atoms with Gasteiger partial charge in [0.25, 0.3) is 0 Å². The van der Waals surface area contributed by atoms with Crippen LogP contribution in [0.15, 0.2) is 0 Å². The van der Waals surface area contributed by atoms with E-state index in [0.717, 1.165) is 0 Å². The second-order valence-electron chi connectivity index (χ2n) is 2.63. The molecule has 1 aliphatic rings. The second kappa shape index (κ2) is 3.17. The number of amides is 1. The Balaban J connectivity index is 2.61. The first-order chi connectivity index (χ1) is 5.11. The van der Waals surface area contributed by atoms with Gasteiger partial charge in [0.15, 0.2) is 0 Å². The van der Waals surface area contributed by atoms with Crippen LogP contribution >= 0.6 is 0 Å². The molecule has 5 heteroatoms. The van der Waals surface area contributed by atoms with Gasteiger partial charge in [0.2, 0.25) is 5.91 Å². The summed E-state index contributed by atoms with van der Waals surface area (Å²) in [6.07, 6.45) is -3.61. The number of nitrogens with one attached hydrogen (secondary N) is 1. The first-order valence-electron chi connectivity index (χ1n) is 3.42. The monoisotopic (exact) mass is 161 g/mol. The summed E-state index contributed by atoms with van der Waals surface area (Å²) in [7, 11) is 0. The maximum atomic E-state index is 10.7. The fourth-order valence-electron chi connectivity index (χ4n) is 0.978. The number of aliphatic hydroxyl groups is 3. The maximum Gasteiger partial charge on any atom is 0.222 e. The molecule has 0 aromatic heterocycles. The van der Waals surface area contributed by atoms with Crippen molar-refractivity contribution in [3.05, 3.63) is 0 Å². The molecule has 1 fully saturated rings. The summed E-state index contributed by atoms with van der Waals surface area (Å²) in [5.74, 6) is -0.354. The van der Waals surface area contributed by atoms with Gasteiger partial charge in [0, 0.05) is 6.54 Å². The molecule has 1 rings (SSSR count). The Morgan fingerprint density at radius 1 is 1.27 bits per heavy atom. The van der Waals surface area contributed by atoms with Gasteiger partial charge in [-0.2, -0.15) is 0 Å². The molecule has 0 aliphatic carbocycles. The number of aliphatic hydroxyl groups excluding tert-OH is 3. The predicted octanol–water partition coefficient (Wildman–Crippen LogP) is -2.41. The van der Waals surface area contributed by atoms with Crippen molar-refractivity contribution >= 4 is 5.91 Å². The second-order valence-corrected chi connectivity index (χ2v) is 2.63. The van der Waals surface area contributed by atoms with E-state index in [4.69, 9.17) is 15.3 Å². The minimum Gasteiger partial charge on any atom is -0.390 e. The highest BCUT2D eigenvalue weighted by Crippen LogP contribution is 2.07. The minimum atomic E-state index is -1.23. The van der Waals surface area contributed by atoms with Crippen LogP contribution < -0.4 is 5.32 Å². The fourth-order valence-corrected chi connectivity index (χ4v) is 0.978. The lowest BCUT2D eigenvalue weighted by molar-refractivity contribution is -0.123. The SMILES string of the molecule is O=C1C[C@@H](O)[C@H](O)[C@H](O)CN1. The standard InChI is InChI=1S/C6H11NO4/c8-3-1-5(10)7-2-4(9)6(3)11/h3-4,6,8-9,11H,1-2H2,(H,7,10)/t3-,4-,6+/m1/s1.